The van der Waals surface area contributed by atoms with Gasteiger partial charge in [0.25, 0.3) is 0 Å². The maximum Gasteiger partial charge on any atom is 0.335 e. The third kappa shape index (κ3) is 3.67. The van der Waals surface area contributed by atoms with Gasteiger partial charge in [0, 0.05) is 44.8 Å². The number of carboxylic acids is 1. The lowest BCUT2D eigenvalue weighted by molar-refractivity contribution is 0.0696. The maximum absolute atomic E-state index is 15.5. The number of piperazine rings is 1. The SMILES string of the molecule is CCN1C(=O)Nc2c(F)c(CN3CCN(c4ccc(C(=O)O)cc4F)CC3)cc3ncnc1c23. The van der Waals surface area contributed by atoms with Crippen LogP contribution in [0.2, 0.25) is 0 Å². The molecule has 3 aromatic rings. The second-order valence-electron chi connectivity index (χ2n) is 8.23. The van der Waals surface area contributed by atoms with Gasteiger partial charge < -0.3 is 15.3 Å². The lowest BCUT2D eigenvalue weighted by Gasteiger charge is -2.36. The van der Waals surface area contributed by atoms with Crippen molar-refractivity contribution in [3.8, 4) is 0 Å². The molecule has 11 heteroatoms. The second kappa shape index (κ2) is 8.49. The molecule has 9 nitrogen and oxygen atoms in total. The highest BCUT2D eigenvalue weighted by Gasteiger charge is 2.30. The number of carboxylic acid groups (broad SMARTS) is 1. The van der Waals surface area contributed by atoms with Crippen molar-refractivity contribution in [2.45, 2.75) is 13.5 Å². The van der Waals surface area contributed by atoms with Crippen molar-refractivity contribution in [3.05, 3.63) is 53.4 Å². The number of rotatable bonds is 5. The Bertz CT molecular complexity index is 1310. The quantitative estimate of drug-likeness (QED) is 0.592. The average molecular weight is 468 g/mol. The number of hydrogen-bond acceptors (Lipinski definition) is 6. The van der Waals surface area contributed by atoms with Gasteiger partial charge in [0.2, 0.25) is 0 Å². The van der Waals surface area contributed by atoms with Crippen LogP contribution in [0.1, 0.15) is 22.8 Å². The predicted octanol–water partition coefficient (Wildman–Crippen LogP) is 3.30. The number of halogens is 2. The number of anilines is 3. The second-order valence-corrected chi connectivity index (χ2v) is 8.23. The molecule has 5 rings (SSSR count). The van der Waals surface area contributed by atoms with Crippen LogP contribution >= 0.6 is 0 Å². The molecule has 1 fully saturated rings. The summed E-state index contributed by atoms with van der Waals surface area (Å²) in [6, 6.07) is 5.12. The van der Waals surface area contributed by atoms with E-state index in [0.717, 1.165) is 6.07 Å². The van der Waals surface area contributed by atoms with E-state index in [-0.39, 0.29) is 11.3 Å². The number of hydrogen-bond donors (Lipinski definition) is 2. The van der Waals surface area contributed by atoms with Gasteiger partial charge in [0.15, 0.2) is 5.82 Å². The largest absolute Gasteiger partial charge is 0.478 e. The first-order valence-electron chi connectivity index (χ1n) is 10.9. The monoisotopic (exact) mass is 468 g/mol. The van der Waals surface area contributed by atoms with Crippen molar-refractivity contribution in [1.82, 2.24) is 14.9 Å². The standard InChI is InChI=1S/C23H22F2N6O3/c1-2-31-21-18-16(26-12-27-21)10-14(19(25)20(18)28-23(31)34)11-29-5-7-30(8-6-29)17-4-3-13(22(32)33)9-15(17)24/h3-4,9-10,12H,2,5-8,11H2,1H3,(H,28,34)(H,32,33). The van der Waals surface area contributed by atoms with Crippen molar-refractivity contribution in [2.75, 3.05) is 47.8 Å². The molecule has 176 valence electrons. The minimum atomic E-state index is -1.18. The fourth-order valence-electron chi connectivity index (χ4n) is 4.52. The summed E-state index contributed by atoms with van der Waals surface area (Å²) in [5.41, 5.74) is 1.30. The number of aromatic nitrogens is 2. The number of nitrogens with one attached hydrogen (secondary N) is 1. The predicted molar refractivity (Wildman–Crippen MR) is 122 cm³/mol. The molecule has 0 unspecified atom stereocenters. The summed E-state index contributed by atoms with van der Waals surface area (Å²) in [7, 11) is 0. The molecule has 0 saturated carbocycles. The zero-order chi connectivity index (χ0) is 24.0. The lowest BCUT2D eigenvalue weighted by Crippen LogP contribution is -2.46. The number of nitrogens with zero attached hydrogens (tertiary/aromatic N) is 5. The number of urea groups is 1. The van der Waals surface area contributed by atoms with Gasteiger partial charge in [-0.15, -0.1) is 0 Å². The van der Waals surface area contributed by atoms with Crippen molar-refractivity contribution in [1.29, 1.82) is 0 Å². The first-order valence-corrected chi connectivity index (χ1v) is 10.9. The molecule has 3 heterocycles. The van der Waals surface area contributed by atoms with E-state index in [1.54, 1.807) is 6.07 Å². The Balaban J connectivity index is 1.35. The van der Waals surface area contributed by atoms with Crippen molar-refractivity contribution >= 4 is 40.1 Å². The van der Waals surface area contributed by atoms with Crippen molar-refractivity contribution < 1.29 is 23.5 Å². The van der Waals surface area contributed by atoms with E-state index < -0.39 is 23.6 Å². The van der Waals surface area contributed by atoms with E-state index in [4.69, 9.17) is 5.11 Å². The van der Waals surface area contributed by atoms with Crippen LogP contribution in [0.5, 0.6) is 0 Å². The molecule has 2 amide bonds. The number of carbonyl (C=O) groups is 2. The van der Waals surface area contributed by atoms with Gasteiger partial charge in [-0.25, -0.2) is 28.3 Å². The molecular weight excluding hydrogens is 446 g/mol. The fourth-order valence-corrected chi connectivity index (χ4v) is 4.52. The van der Waals surface area contributed by atoms with Crippen molar-refractivity contribution in [2.24, 2.45) is 0 Å². The van der Waals surface area contributed by atoms with Crippen LogP contribution < -0.4 is 15.1 Å². The van der Waals surface area contributed by atoms with E-state index in [1.165, 1.54) is 23.4 Å². The Morgan fingerprint density at radius 2 is 1.91 bits per heavy atom. The maximum atomic E-state index is 15.5. The minimum Gasteiger partial charge on any atom is -0.478 e. The summed E-state index contributed by atoms with van der Waals surface area (Å²) >= 11 is 0. The zero-order valence-electron chi connectivity index (χ0n) is 18.4. The fraction of sp³-hybridized carbons (Fsp3) is 0.304. The Kier molecular flexibility index (Phi) is 5.48. The Morgan fingerprint density at radius 1 is 1.15 bits per heavy atom. The van der Waals surface area contributed by atoms with Crippen LogP contribution in [0.15, 0.2) is 30.6 Å². The molecule has 1 saturated heterocycles. The minimum absolute atomic E-state index is 0.0945. The smallest absolute Gasteiger partial charge is 0.335 e. The summed E-state index contributed by atoms with van der Waals surface area (Å²) in [6.07, 6.45) is 1.37. The third-order valence-corrected chi connectivity index (χ3v) is 6.27. The molecule has 1 aromatic heterocycles. The summed E-state index contributed by atoms with van der Waals surface area (Å²) < 4.78 is 29.9. The van der Waals surface area contributed by atoms with E-state index >= 15 is 4.39 Å². The van der Waals surface area contributed by atoms with Crippen LogP contribution in [0.4, 0.5) is 30.8 Å². The van der Waals surface area contributed by atoms with E-state index in [0.29, 0.717) is 67.2 Å². The topological polar surface area (TPSA) is 102 Å². The van der Waals surface area contributed by atoms with E-state index in [1.807, 2.05) is 16.7 Å². The summed E-state index contributed by atoms with van der Waals surface area (Å²) in [5.74, 6) is -1.88. The molecule has 2 aliphatic heterocycles. The number of carbonyl (C=O) groups excluding carboxylic acids is 1. The summed E-state index contributed by atoms with van der Waals surface area (Å²) in [4.78, 5) is 37.3. The number of amides is 2. The third-order valence-electron chi connectivity index (χ3n) is 6.27. The first-order chi connectivity index (χ1) is 16.4. The van der Waals surface area contributed by atoms with Gasteiger partial charge >= 0.3 is 12.0 Å². The molecule has 0 spiro atoms. The molecule has 0 bridgehead atoms. The van der Waals surface area contributed by atoms with Gasteiger partial charge in [0.05, 0.1) is 27.8 Å². The van der Waals surface area contributed by atoms with Gasteiger partial charge in [-0.3, -0.25) is 9.80 Å². The molecule has 0 atom stereocenters. The molecule has 34 heavy (non-hydrogen) atoms. The zero-order valence-corrected chi connectivity index (χ0v) is 18.4. The van der Waals surface area contributed by atoms with Gasteiger partial charge in [-0.2, -0.15) is 0 Å². The molecule has 2 aromatic carbocycles. The summed E-state index contributed by atoms with van der Waals surface area (Å²) in [6.45, 7) is 4.62. The normalized spacial score (nSPS) is 16.1. The van der Waals surface area contributed by atoms with E-state index in [2.05, 4.69) is 15.3 Å². The van der Waals surface area contributed by atoms with Gasteiger partial charge in [-0.1, -0.05) is 0 Å². The molecular formula is C23H22F2N6O3. The van der Waals surface area contributed by atoms with Crippen LogP contribution in [-0.4, -0.2) is 64.7 Å². The highest BCUT2D eigenvalue weighted by Crippen LogP contribution is 2.38. The Morgan fingerprint density at radius 3 is 2.59 bits per heavy atom. The van der Waals surface area contributed by atoms with Crippen LogP contribution in [0.25, 0.3) is 10.9 Å². The van der Waals surface area contributed by atoms with Crippen LogP contribution in [0, 0.1) is 11.6 Å². The van der Waals surface area contributed by atoms with Gasteiger partial charge in [0.1, 0.15) is 18.0 Å². The Hall–Kier alpha value is -3.86. The van der Waals surface area contributed by atoms with Crippen LogP contribution in [-0.2, 0) is 6.54 Å². The first kappa shape index (κ1) is 22.0. The molecule has 2 N–H and O–H groups in total. The Labute approximate surface area is 193 Å². The number of benzene rings is 2. The van der Waals surface area contributed by atoms with Gasteiger partial charge in [-0.05, 0) is 31.2 Å². The molecule has 2 aliphatic rings. The van der Waals surface area contributed by atoms with Crippen LogP contribution in [0.3, 0.4) is 0 Å². The average Bonchev–Trinajstić information content (AvgIpc) is 2.82. The molecule has 0 aliphatic carbocycles. The number of aromatic carboxylic acids is 1. The van der Waals surface area contributed by atoms with E-state index in [9.17, 15) is 14.0 Å². The lowest BCUT2D eigenvalue weighted by atomic mass is 10.1. The summed E-state index contributed by atoms with van der Waals surface area (Å²) in [5, 5.41) is 12.1. The van der Waals surface area contributed by atoms with Crippen molar-refractivity contribution in [3.63, 3.8) is 0 Å². The highest BCUT2D eigenvalue weighted by molar-refractivity contribution is 6.17. The molecule has 0 radical (unpaired) electrons. The highest BCUT2D eigenvalue weighted by atomic mass is 19.1.